The van der Waals surface area contributed by atoms with Crippen molar-refractivity contribution in [2.75, 3.05) is 46.4 Å². The predicted octanol–water partition coefficient (Wildman–Crippen LogP) is 3.12. The summed E-state index contributed by atoms with van der Waals surface area (Å²) in [6.45, 7) is 8.33. The van der Waals surface area contributed by atoms with Crippen LogP contribution < -0.4 is 15.4 Å². The van der Waals surface area contributed by atoms with Gasteiger partial charge in [-0.15, -0.1) is 0 Å². The number of benzene rings is 2. The molecule has 0 aliphatic carbocycles. The summed E-state index contributed by atoms with van der Waals surface area (Å²) in [6, 6.07) is 14.6. The molecule has 0 radical (unpaired) electrons. The van der Waals surface area contributed by atoms with Crippen LogP contribution in [0.3, 0.4) is 0 Å². The average Bonchev–Trinajstić information content (AvgIpc) is 3.18. The van der Waals surface area contributed by atoms with Gasteiger partial charge in [0, 0.05) is 26.7 Å². The molecule has 1 aliphatic rings. The van der Waals surface area contributed by atoms with Gasteiger partial charge in [0.15, 0.2) is 5.96 Å². The summed E-state index contributed by atoms with van der Waals surface area (Å²) in [5.74, 6) is 2.54. The molecule has 1 heterocycles. The van der Waals surface area contributed by atoms with E-state index in [2.05, 4.69) is 63.8 Å². The highest BCUT2D eigenvalue weighted by Gasteiger charge is 2.20. The monoisotopic (exact) mass is 368 g/mol. The maximum Gasteiger partial charge on any atom is 0.190 e. The van der Waals surface area contributed by atoms with E-state index in [1.165, 1.54) is 30.3 Å². The number of hydrogen-bond acceptors (Lipinski definition) is 3. The van der Waals surface area contributed by atoms with Crippen LogP contribution >= 0.6 is 0 Å². The molecule has 0 spiro atoms. The molecular weight excluding hydrogens is 336 g/mol. The lowest BCUT2D eigenvalue weighted by molar-refractivity contribution is 0.311. The average molecular weight is 369 g/mol. The molecule has 2 N–H and O–H groups in total. The summed E-state index contributed by atoms with van der Waals surface area (Å²) in [6.07, 6.45) is 2.21. The van der Waals surface area contributed by atoms with Gasteiger partial charge in [-0.25, -0.2) is 0 Å². The van der Waals surface area contributed by atoms with E-state index in [1.54, 1.807) is 0 Å². The predicted molar refractivity (Wildman–Crippen MR) is 114 cm³/mol. The van der Waals surface area contributed by atoms with Crippen molar-refractivity contribution in [2.24, 2.45) is 10.9 Å². The fraction of sp³-hybridized carbons (Fsp3) is 0.500. The van der Waals surface area contributed by atoms with Crippen molar-refractivity contribution in [2.45, 2.75) is 19.8 Å². The fourth-order valence-corrected chi connectivity index (χ4v) is 3.55. The summed E-state index contributed by atoms with van der Waals surface area (Å²) in [5, 5.41) is 9.29. The molecule has 0 amide bonds. The minimum Gasteiger partial charge on any atom is -0.494 e. The van der Waals surface area contributed by atoms with Crippen LogP contribution in [0.25, 0.3) is 10.8 Å². The Labute approximate surface area is 162 Å². The first-order chi connectivity index (χ1) is 13.3. The second-order valence-corrected chi connectivity index (χ2v) is 7.14. The molecule has 0 bridgehead atoms. The lowest BCUT2D eigenvalue weighted by Gasteiger charge is -2.16. The zero-order chi connectivity index (χ0) is 18.9. The SMILES string of the molecule is CCN1CCC(CNC(=NC)NCCCOc2ccc3ccccc3c2)C1. The number of fused-ring (bicyclic) bond motifs is 1. The Morgan fingerprint density at radius 3 is 2.81 bits per heavy atom. The quantitative estimate of drug-likeness (QED) is 0.427. The first-order valence-electron chi connectivity index (χ1n) is 10.1. The number of rotatable bonds is 8. The van der Waals surface area contributed by atoms with Crippen molar-refractivity contribution >= 4 is 16.7 Å². The smallest absolute Gasteiger partial charge is 0.190 e. The Balaban J connectivity index is 1.32. The number of hydrogen-bond donors (Lipinski definition) is 2. The third-order valence-corrected chi connectivity index (χ3v) is 5.20. The van der Waals surface area contributed by atoms with Crippen LogP contribution in [-0.2, 0) is 0 Å². The number of nitrogens with zero attached hydrogens (tertiary/aromatic N) is 2. The van der Waals surface area contributed by atoms with Crippen LogP contribution in [0.5, 0.6) is 5.75 Å². The van der Waals surface area contributed by atoms with Crippen LogP contribution in [-0.4, -0.2) is 57.2 Å². The highest BCUT2D eigenvalue weighted by atomic mass is 16.5. The molecule has 2 aromatic rings. The van der Waals surface area contributed by atoms with Crippen molar-refractivity contribution in [1.29, 1.82) is 0 Å². The summed E-state index contributed by atoms with van der Waals surface area (Å²) >= 11 is 0. The third-order valence-electron chi connectivity index (χ3n) is 5.20. The van der Waals surface area contributed by atoms with Gasteiger partial charge in [-0.2, -0.15) is 0 Å². The zero-order valence-corrected chi connectivity index (χ0v) is 16.6. The second kappa shape index (κ2) is 10.2. The maximum atomic E-state index is 5.89. The lowest BCUT2D eigenvalue weighted by atomic mass is 10.1. The Morgan fingerprint density at radius 1 is 1.19 bits per heavy atom. The van der Waals surface area contributed by atoms with Crippen LogP contribution in [0.2, 0.25) is 0 Å². The van der Waals surface area contributed by atoms with Gasteiger partial charge >= 0.3 is 0 Å². The van der Waals surface area contributed by atoms with Gasteiger partial charge in [0.1, 0.15) is 5.75 Å². The number of nitrogens with one attached hydrogen (secondary N) is 2. The van der Waals surface area contributed by atoms with Gasteiger partial charge in [0.05, 0.1) is 6.61 Å². The molecule has 0 saturated carbocycles. The topological polar surface area (TPSA) is 48.9 Å². The van der Waals surface area contributed by atoms with Crippen molar-refractivity contribution in [1.82, 2.24) is 15.5 Å². The molecular formula is C22H32N4O. The normalized spacial score (nSPS) is 18.0. The largest absolute Gasteiger partial charge is 0.494 e. The lowest BCUT2D eigenvalue weighted by Crippen LogP contribution is -2.40. The minimum absolute atomic E-state index is 0.691. The molecule has 1 fully saturated rings. The zero-order valence-electron chi connectivity index (χ0n) is 16.6. The maximum absolute atomic E-state index is 5.89. The molecule has 1 aliphatic heterocycles. The Bertz CT molecular complexity index is 746. The summed E-state index contributed by atoms with van der Waals surface area (Å²) < 4.78 is 5.89. The van der Waals surface area contributed by atoms with E-state index in [0.29, 0.717) is 6.61 Å². The molecule has 5 heteroatoms. The van der Waals surface area contributed by atoms with Crippen molar-refractivity contribution in [3.63, 3.8) is 0 Å². The molecule has 3 rings (SSSR count). The van der Waals surface area contributed by atoms with Crippen molar-refractivity contribution in [3.8, 4) is 5.75 Å². The molecule has 2 aromatic carbocycles. The molecule has 27 heavy (non-hydrogen) atoms. The van der Waals surface area contributed by atoms with Crippen molar-refractivity contribution in [3.05, 3.63) is 42.5 Å². The van der Waals surface area contributed by atoms with Crippen LogP contribution in [0.4, 0.5) is 0 Å². The van der Waals surface area contributed by atoms with Crippen LogP contribution in [0, 0.1) is 5.92 Å². The summed E-state index contributed by atoms with van der Waals surface area (Å²) in [5.41, 5.74) is 0. The Kier molecular flexibility index (Phi) is 7.34. The second-order valence-electron chi connectivity index (χ2n) is 7.14. The molecule has 5 nitrogen and oxygen atoms in total. The molecule has 1 saturated heterocycles. The summed E-state index contributed by atoms with van der Waals surface area (Å²) in [4.78, 5) is 6.82. The van der Waals surface area contributed by atoms with E-state index in [0.717, 1.165) is 43.7 Å². The van der Waals surface area contributed by atoms with Crippen LogP contribution in [0.15, 0.2) is 47.5 Å². The van der Waals surface area contributed by atoms with E-state index < -0.39 is 0 Å². The molecule has 1 unspecified atom stereocenters. The van der Waals surface area contributed by atoms with E-state index in [9.17, 15) is 0 Å². The van der Waals surface area contributed by atoms with E-state index in [-0.39, 0.29) is 0 Å². The number of ether oxygens (including phenoxy) is 1. The van der Waals surface area contributed by atoms with Gasteiger partial charge in [-0.1, -0.05) is 37.3 Å². The van der Waals surface area contributed by atoms with Gasteiger partial charge in [-0.3, -0.25) is 4.99 Å². The minimum atomic E-state index is 0.691. The Hall–Kier alpha value is -2.27. The van der Waals surface area contributed by atoms with E-state index in [1.807, 2.05) is 13.1 Å². The highest BCUT2D eigenvalue weighted by molar-refractivity contribution is 5.83. The standard InChI is InChI=1S/C22H32N4O/c1-3-26-13-11-18(17-26)16-25-22(23-2)24-12-6-14-27-21-10-9-19-7-4-5-8-20(19)15-21/h4-5,7-10,15,18H,3,6,11-14,16-17H2,1-2H3,(H2,23,24,25). The van der Waals surface area contributed by atoms with E-state index in [4.69, 9.17) is 4.74 Å². The number of likely N-dealkylation sites (tertiary alicyclic amines) is 1. The number of aliphatic imine (C=N–C) groups is 1. The first kappa shape index (κ1) is 19.5. The van der Waals surface area contributed by atoms with Crippen LogP contribution in [0.1, 0.15) is 19.8 Å². The highest BCUT2D eigenvalue weighted by Crippen LogP contribution is 2.20. The number of guanidine groups is 1. The molecule has 1 atom stereocenters. The van der Waals surface area contributed by atoms with Gasteiger partial charge in [0.2, 0.25) is 0 Å². The molecule has 0 aromatic heterocycles. The van der Waals surface area contributed by atoms with Gasteiger partial charge < -0.3 is 20.3 Å². The molecule has 146 valence electrons. The fourth-order valence-electron chi connectivity index (χ4n) is 3.55. The first-order valence-corrected chi connectivity index (χ1v) is 10.1. The van der Waals surface area contributed by atoms with E-state index >= 15 is 0 Å². The van der Waals surface area contributed by atoms with Gasteiger partial charge in [-0.05, 0) is 54.8 Å². The third kappa shape index (κ3) is 5.86. The van der Waals surface area contributed by atoms with Crippen molar-refractivity contribution < 1.29 is 4.74 Å². The van der Waals surface area contributed by atoms with Gasteiger partial charge in [0.25, 0.3) is 0 Å². The Morgan fingerprint density at radius 2 is 2.04 bits per heavy atom. The summed E-state index contributed by atoms with van der Waals surface area (Å²) in [7, 11) is 1.83.